The predicted molar refractivity (Wildman–Crippen MR) is 92.8 cm³/mol. The summed E-state index contributed by atoms with van der Waals surface area (Å²) in [6, 6.07) is 4.66. The number of benzene rings is 1. The van der Waals surface area contributed by atoms with Gasteiger partial charge in [-0.2, -0.15) is 0 Å². The van der Waals surface area contributed by atoms with Gasteiger partial charge < -0.3 is 9.30 Å². The fraction of sp³-hybridized carbons (Fsp3) is 0.450. The molecule has 1 fully saturated rings. The number of halogens is 1. The Labute approximate surface area is 151 Å². The lowest BCUT2D eigenvalue weighted by Crippen LogP contribution is -2.28. The van der Waals surface area contributed by atoms with Crippen molar-refractivity contribution in [1.29, 1.82) is 0 Å². The number of imidazole rings is 1. The van der Waals surface area contributed by atoms with E-state index < -0.39 is 0 Å². The minimum absolute atomic E-state index is 0.0706. The van der Waals surface area contributed by atoms with Crippen molar-refractivity contribution in [3.63, 3.8) is 0 Å². The molecule has 5 nitrogen and oxygen atoms in total. The standard InChI is InChI=1S/C20H21FN2O3/c1-26-20(25)13-7-5-12(6-8-13)18(24)9-16-19-14(3-2-4-15(19)21)17-10-22-11-23(16)17/h2-4,10-13,16H,5-9H2,1H3. The fourth-order valence-electron chi connectivity index (χ4n) is 4.38. The number of esters is 1. The van der Waals surface area contributed by atoms with Gasteiger partial charge in [-0.05, 0) is 31.7 Å². The summed E-state index contributed by atoms with van der Waals surface area (Å²) in [6.45, 7) is 0. The van der Waals surface area contributed by atoms with Crippen LogP contribution in [-0.4, -0.2) is 28.4 Å². The number of Topliss-reactive ketones (excluding diaryl/α,β-unsaturated/α-hetero) is 1. The lowest BCUT2D eigenvalue weighted by atomic mass is 9.78. The highest BCUT2D eigenvalue weighted by atomic mass is 19.1. The van der Waals surface area contributed by atoms with Gasteiger partial charge in [-0.1, -0.05) is 12.1 Å². The predicted octanol–water partition coefficient (Wildman–Crippen LogP) is 3.53. The van der Waals surface area contributed by atoms with Gasteiger partial charge in [-0.3, -0.25) is 9.59 Å². The number of nitrogens with zero attached hydrogens (tertiary/aromatic N) is 2. The maximum absolute atomic E-state index is 14.5. The molecule has 2 heterocycles. The molecule has 0 bridgehead atoms. The van der Waals surface area contributed by atoms with E-state index >= 15 is 0 Å². The van der Waals surface area contributed by atoms with E-state index in [1.165, 1.54) is 13.2 Å². The molecular weight excluding hydrogens is 335 g/mol. The summed E-state index contributed by atoms with van der Waals surface area (Å²) in [5.74, 6) is -0.508. The van der Waals surface area contributed by atoms with Gasteiger partial charge >= 0.3 is 5.97 Å². The summed E-state index contributed by atoms with van der Waals surface area (Å²) in [6.07, 6.45) is 6.36. The second-order valence-electron chi connectivity index (χ2n) is 7.15. The fourth-order valence-corrected chi connectivity index (χ4v) is 4.38. The monoisotopic (exact) mass is 356 g/mol. The quantitative estimate of drug-likeness (QED) is 0.786. The smallest absolute Gasteiger partial charge is 0.308 e. The van der Waals surface area contributed by atoms with E-state index in [2.05, 4.69) is 4.98 Å². The highest BCUT2D eigenvalue weighted by Crippen LogP contribution is 2.43. The van der Waals surface area contributed by atoms with E-state index in [1.54, 1.807) is 18.6 Å². The Morgan fingerprint density at radius 2 is 1.96 bits per heavy atom. The van der Waals surface area contributed by atoms with Gasteiger partial charge in [-0.25, -0.2) is 9.37 Å². The largest absolute Gasteiger partial charge is 0.469 e. The first-order chi connectivity index (χ1) is 12.6. The Balaban J connectivity index is 1.50. The van der Waals surface area contributed by atoms with Crippen LogP contribution in [0.25, 0.3) is 11.3 Å². The van der Waals surface area contributed by atoms with Gasteiger partial charge in [0.25, 0.3) is 0 Å². The number of aromatic nitrogens is 2. The van der Waals surface area contributed by atoms with Gasteiger partial charge in [0.1, 0.15) is 11.6 Å². The SMILES string of the molecule is COC(=O)C1CCC(C(=O)CC2c3c(F)cccc3-c3cncn32)CC1. The molecule has 26 heavy (non-hydrogen) atoms. The summed E-state index contributed by atoms with van der Waals surface area (Å²) in [4.78, 5) is 28.7. The molecule has 2 aliphatic rings. The lowest BCUT2D eigenvalue weighted by molar-refractivity contribution is -0.147. The van der Waals surface area contributed by atoms with Crippen LogP contribution in [0, 0.1) is 17.7 Å². The molecule has 1 aliphatic carbocycles. The second kappa shape index (κ2) is 6.67. The Kier molecular flexibility index (Phi) is 4.34. The summed E-state index contributed by atoms with van der Waals surface area (Å²) in [5.41, 5.74) is 2.25. The van der Waals surface area contributed by atoms with Crippen LogP contribution in [-0.2, 0) is 14.3 Å². The van der Waals surface area contributed by atoms with Crippen LogP contribution >= 0.6 is 0 Å². The zero-order valence-corrected chi connectivity index (χ0v) is 14.7. The normalized spacial score (nSPS) is 24.0. The molecule has 1 aliphatic heterocycles. The summed E-state index contributed by atoms with van der Waals surface area (Å²) in [7, 11) is 1.40. The van der Waals surface area contributed by atoms with E-state index in [1.807, 2.05) is 10.6 Å². The van der Waals surface area contributed by atoms with Crippen molar-refractivity contribution in [1.82, 2.24) is 9.55 Å². The molecule has 6 heteroatoms. The van der Waals surface area contributed by atoms with E-state index in [0.29, 0.717) is 31.2 Å². The minimum atomic E-state index is -0.338. The van der Waals surface area contributed by atoms with Gasteiger partial charge in [0.05, 0.1) is 37.3 Å². The number of ether oxygens (including phenoxy) is 1. The zero-order chi connectivity index (χ0) is 18.3. The highest BCUT2D eigenvalue weighted by molar-refractivity contribution is 5.84. The lowest BCUT2D eigenvalue weighted by Gasteiger charge is -2.27. The Morgan fingerprint density at radius 1 is 1.23 bits per heavy atom. The van der Waals surface area contributed by atoms with E-state index in [-0.39, 0.29) is 41.9 Å². The second-order valence-corrected chi connectivity index (χ2v) is 7.15. The first kappa shape index (κ1) is 16.9. The molecule has 0 N–H and O–H groups in total. The maximum Gasteiger partial charge on any atom is 0.308 e. The number of hydrogen-bond donors (Lipinski definition) is 0. The Morgan fingerprint density at radius 3 is 2.69 bits per heavy atom. The number of carbonyl (C=O) groups is 2. The van der Waals surface area contributed by atoms with E-state index in [9.17, 15) is 14.0 Å². The third-order valence-electron chi connectivity index (χ3n) is 5.78. The molecule has 0 amide bonds. The molecule has 0 saturated heterocycles. The molecule has 1 unspecified atom stereocenters. The van der Waals surface area contributed by atoms with Crippen molar-refractivity contribution < 1.29 is 18.7 Å². The third kappa shape index (κ3) is 2.73. The molecular formula is C20H21FN2O3. The van der Waals surface area contributed by atoms with Crippen molar-refractivity contribution in [3.8, 4) is 11.3 Å². The number of hydrogen-bond acceptors (Lipinski definition) is 4. The first-order valence-electron chi connectivity index (χ1n) is 9.01. The zero-order valence-electron chi connectivity index (χ0n) is 14.7. The van der Waals surface area contributed by atoms with Crippen molar-refractivity contribution in [2.45, 2.75) is 38.1 Å². The average Bonchev–Trinajstić information content (AvgIpc) is 3.24. The molecule has 136 valence electrons. The first-order valence-corrected chi connectivity index (χ1v) is 9.01. The average molecular weight is 356 g/mol. The van der Waals surface area contributed by atoms with Crippen LogP contribution in [0.15, 0.2) is 30.7 Å². The Hall–Kier alpha value is -2.50. The minimum Gasteiger partial charge on any atom is -0.469 e. The van der Waals surface area contributed by atoms with Crippen molar-refractivity contribution in [3.05, 3.63) is 42.1 Å². The summed E-state index contributed by atoms with van der Waals surface area (Å²) in [5, 5.41) is 0. The van der Waals surface area contributed by atoms with Crippen molar-refractivity contribution in [2.24, 2.45) is 11.8 Å². The molecule has 1 atom stereocenters. The third-order valence-corrected chi connectivity index (χ3v) is 5.78. The molecule has 1 saturated carbocycles. The Bertz CT molecular complexity index is 852. The number of fused-ring (bicyclic) bond motifs is 3. The van der Waals surface area contributed by atoms with Crippen LogP contribution in [0.4, 0.5) is 4.39 Å². The number of rotatable bonds is 4. The van der Waals surface area contributed by atoms with E-state index in [4.69, 9.17) is 4.74 Å². The van der Waals surface area contributed by atoms with Crippen LogP contribution < -0.4 is 0 Å². The summed E-state index contributed by atoms with van der Waals surface area (Å²) >= 11 is 0. The number of carbonyl (C=O) groups excluding carboxylic acids is 2. The maximum atomic E-state index is 14.5. The van der Waals surface area contributed by atoms with Crippen molar-refractivity contribution in [2.75, 3.05) is 7.11 Å². The number of ketones is 1. The van der Waals surface area contributed by atoms with Crippen molar-refractivity contribution >= 4 is 11.8 Å². The number of methoxy groups -OCH3 is 1. The van der Waals surface area contributed by atoms with Gasteiger partial charge in [-0.15, -0.1) is 0 Å². The van der Waals surface area contributed by atoms with Gasteiger partial charge in [0, 0.05) is 23.5 Å². The molecule has 4 rings (SSSR count). The molecule has 1 aromatic heterocycles. The molecule has 1 aromatic carbocycles. The summed E-state index contributed by atoms with van der Waals surface area (Å²) < 4.78 is 21.2. The highest BCUT2D eigenvalue weighted by Gasteiger charge is 2.36. The molecule has 0 radical (unpaired) electrons. The van der Waals surface area contributed by atoms with Gasteiger partial charge in [0.2, 0.25) is 0 Å². The molecule has 2 aromatic rings. The topological polar surface area (TPSA) is 61.2 Å². The van der Waals surface area contributed by atoms with Crippen LogP contribution in [0.3, 0.4) is 0 Å². The van der Waals surface area contributed by atoms with E-state index in [0.717, 1.165) is 11.3 Å². The molecule has 0 spiro atoms. The van der Waals surface area contributed by atoms with Gasteiger partial charge in [0.15, 0.2) is 0 Å². The van der Waals surface area contributed by atoms with Crippen LogP contribution in [0.5, 0.6) is 0 Å². The van der Waals surface area contributed by atoms with Crippen LogP contribution in [0.1, 0.15) is 43.7 Å². The van der Waals surface area contributed by atoms with Crippen LogP contribution in [0.2, 0.25) is 0 Å².